The van der Waals surface area contributed by atoms with Crippen LogP contribution < -0.4 is 10.7 Å². The molecule has 0 aromatic carbocycles. The van der Waals surface area contributed by atoms with Crippen molar-refractivity contribution >= 4 is 27.3 Å². The van der Waals surface area contributed by atoms with E-state index in [1.54, 1.807) is 4.98 Å². The second kappa shape index (κ2) is 3.64. The van der Waals surface area contributed by atoms with E-state index in [4.69, 9.17) is 0 Å². The SMILES string of the molecule is O=c1[nH]c([O-])ncc1F.[Tl+]. The first-order valence-electron chi connectivity index (χ1n) is 2.12. The van der Waals surface area contributed by atoms with E-state index < -0.39 is 17.4 Å². The van der Waals surface area contributed by atoms with Gasteiger partial charge in [-0.15, -0.1) is 0 Å². The Hall–Kier alpha value is -0.468. The largest absolute Gasteiger partial charge is 1.00 e. The van der Waals surface area contributed by atoms with Gasteiger partial charge in [-0.1, -0.05) is 0 Å². The Morgan fingerprint density at radius 2 is 2.30 bits per heavy atom. The molecule has 0 saturated carbocycles. The standard InChI is InChI=1S/C4H3FN2O2.Tl/c5-2-1-6-4(9)7-3(2)8;/h1H,(H2,6,7,8,9);/q;+1/p-1. The number of rotatable bonds is 0. The molecule has 0 radical (unpaired) electrons. The van der Waals surface area contributed by atoms with Gasteiger partial charge in [0.25, 0.3) is 5.56 Å². The van der Waals surface area contributed by atoms with Crippen LogP contribution in [-0.4, -0.2) is 37.3 Å². The number of halogens is 1. The van der Waals surface area contributed by atoms with Gasteiger partial charge in [-0.3, -0.25) is 9.78 Å². The predicted molar refractivity (Wildman–Crippen MR) is 30.0 cm³/mol. The van der Waals surface area contributed by atoms with Gasteiger partial charge in [-0.05, 0) is 0 Å². The van der Waals surface area contributed by atoms with Crippen LogP contribution in [0.2, 0.25) is 0 Å². The molecule has 10 heavy (non-hydrogen) atoms. The Balaban J connectivity index is 0.000000810. The smallest absolute Gasteiger partial charge is 0.846 e. The van der Waals surface area contributed by atoms with E-state index in [1.165, 1.54) is 0 Å². The molecule has 0 aliphatic carbocycles. The predicted octanol–water partition coefficient (Wildman–Crippen LogP) is -1.40. The van der Waals surface area contributed by atoms with E-state index >= 15 is 0 Å². The maximum atomic E-state index is 12.0. The molecule has 0 aliphatic heterocycles. The zero-order chi connectivity index (χ0) is 6.85. The molecule has 0 unspecified atom stereocenters. The van der Waals surface area contributed by atoms with Crippen molar-refractivity contribution in [3.8, 4) is 6.01 Å². The van der Waals surface area contributed by atoms with E-state index in [0.29, 0.717) is 6.20 Å². The third-order valence-electron chi connectivity index (χ3n) is 0.733. The maximum absolute atomic E-state index is 12.0. The minimum Gasteiger partial charge on any atom is -0.846 e. The summed E-state index contributed by atoms with van der Waals surface area (Å²) in [5.74, 6) is -1.05. The van der Waals surface area contributed by atoms with Crippen LogP contribution in [0.4, 0.5) is 4.39 Å². The van der Waals surface area contributed by atoms with Crippen LogP contribution in [0.15, 0.2) is 11.0 Å². The number of hydrogen-bond acceptors (Lipinski definition) is 3. The summed E-state index contributed by atoms with van der Waals surface area (Å²) in [7, 11) is 0. The molecule has 1 aromatic rings. The molecule has 0 spiro atoms. The Labute approximate surface area is 75.3 Å². The van der Waals surface area contributed by atoms with Gasteiger partial charge in [0, 0.05) is 0 Å². The quantitative estimate of drug-likeness (QED) is 0.594. The zero-order valence-corrected chi connectivity index (χ0v) is 9.29. The van der Waals surface area contributed by atoms with Gasteiger partial charge in [0.05, 0.1) is 12.2 Å². The van der Waals surface area contributed by atoms with Crippen molar-refractivity contribution in [3.63, 3.8) is 0 Å². The molecule has 0 aliphatic rings. The summed E-state index contributed by atoms with van der Waals surface area (Å²) in [6.45, 7) is 0. The first kappa shape index (κ1) is 9.53. The third kappa shape index (κ3) is 2.05. The minimum atomic E-state index is -1.05. The molecule has 4 nitrogen and oxygen atoms in total. The fourth-order valence-corrected chi connectivity index (χ4v) is 0.363. The van der Waals surface area contributed by atoms with Gasteiger partial charge >= 0.3 is 27.3 Å². The molecule has 0 fully saturated rings. The van der Waals surface area contributed by atoms with Crippen LogP contribution in [0.1, 0.15) is 0 Å². The fourth-order valence-electron chi connectivity index (χ4n) is 0.363. The van der Waals surface area contributed by atoms with Crippen LogP contribution in [0, 0.1) is 5.82 Å². The molecule has 0 saturated heterocycles. The van der Waals surface area contributed by atoms with Crippen LogP contribution >= 0.6 is 0 Å². The number of H-pyrrole nitrogens is 1. The molecule has 1 N–H and O–H groups in total. The minimum absolute atomic E-state index is 0. The Morgan fingerprint density at radius 3 is 2.70 bits per heavy atom. The van der Waals surface area contributed by atoms with E-state index in [0.717, 1.165) is 0 Å². The van der Waals surface area contributed by atoms with Gasteiger partial charge in [0.15, 0.2) is 0 Å². The van der Waals surface area contributed by atoms with Crippen LogP contribution in [0.5, 0.6) is 6.01 Å². The molecule has 6 heteroatoms. The number of aromatic amines is 1. The fraction of sp³-hybridized carbons (Fsp3) is 0. The van der Waals surface area contributed by atoms with Crippen molar-refractivity contribution in [3.05, 3.63) is 22.4 Å². The summed E-state index contributed by atoms with van der Waals surface area (Å²) in [5.41, 5.74) is -1.03. The normalized spacial score (nSPS) is 8.50. The summed E-state index contributed by atoms with van der Waals surface area (Å²) in [5, 5.41) is 10.1. The van der Waals surface area contributed by atoms with Gasteiger partial charge < -0.3 is 10.1 Å². The van der Waals surface area contributed by atoms with Crippen molar-refractivity contribution in [1.82, 2.24) is 9.97 Å². The number of nitrogens with one attached hydrogen (secondary N) is 1. The van der Waals surface area contributed by atoms with Crippen molar-refractivity contribution in [2.24, 2.45) is 0 Å². The Morgan fingerprint density at radius 1 is 1.70 bits per heavy atom. The number of aromatic nitrogens is 2. The zero-order valence-electron chi connectivity index (χ0n) is 4.80. The molecular weight excluding hydrogens is 331 g/mol. The molecule has 1 aromatic heterocycles. The Bertz CT molecular complexity index is 274. The van der Waals surface area contributed by atoms with E-state index in [-0.39, 0.29) is 27.3 Å². The van der Waals surface area contributed by atoms with Crippen molar-refractivity contribution < 1.29 is 9.50 Å². The second-order valence-corrected chi connectivity index (χ2v) is 1.37. The summed E-state index contributed by atoms with van der Waals surface area (Å²) in [4.78, 5) is 14.8. The summed E-state index contributed by atoms with van der Waals surface area (Å²) in [6.07, 6.45) is 0.584. The van der Waals surface area contributed by atoms with Crippen molar-refractivity contribution in [1.29, 1.82) is 0 Å². The number of nitrogens with zero attached hydrogens (tertiary/aromatic N) is 1. The molecule has 50 valence electrons. The van der Waals surface area contributed by atoms with Crippen LogP contribution in [0.3, 0.4) is 0 Å². The maximum Gasteiger partial charge on any atom is 1.00 e. The van der Waals surface area contributed by atoms with E-state index in [9.17, 15) is 14.3 Å². The average molecular weight is 333 g/mol. The van der Waals surface area contributed by atoms with Crippen molar-refractivity contribution in [2.45, 2.75) is 0 Å². The first-order chi connectivity index (χ1) is 4.20. The monoisotopic (exact) mass is 334 g/mol. The van der Waals surface area contributed by atoms with E-state index in [2.05, 4.69) is 4.98 Å². The summed E-state index contributed by atoms with van der Waals surface area (Å²) in [6, 6.07) is -0.832. The molecule has 0 amide bonds. The molecule has 0 atom stereocenters. The second-order valence-electron chi connectivity index (χ2n) is 1.37. The molecular formula is C4H2FN2O2Tl. The summed E-state index contributed by atoms with van der Waals surface area (Å²) >= 11 is 0. The number of hydrogen-bond donors (Lipinski definition) is 1. The molecule has 1 heterocycles. The summed E-state index contributed by atoms with van der Waals surface area (Å²) < 4.78 is 12.0. The van der Waals surface area contributed by atoms with Crippen LogP contribution in [-0.2, 0) is 0 Å². The third-order valence-corrected chi connectivity index (χ3v) is 0.733. The molecule has 0 bridgehead atoms. The van der Waals surface area contributed by atoms with Gasteiger partial charge in [0.1, 0.15) is 0 Å². The topological polar surface area (TPSA) is 68.8 Å². The Kier molecular flexibility index (Phi) is 3.47. The van der Waals surface area contributed by atoms with Gasteiger partial charge in [0.2, 0.25) is 5.82 Å². The first-order valence-corrected chi connectivity index (χ1v) is 2.12. The van der Waals surface area contributed by atoms with Gasteiger partial charge in [-0.25, -0.2) is 0 Å². The van der Waals surface area contributed by atoms with Gasteiger partial charge in [-0.2, -0.15) is 4.39 Å². The van der Waals surface area contributed by atoms with E-state index in [1.807, 2.05) is 0 Å². The van der Waals surface area contributed by atoms with Crippen LogP contribution in [0.25, 0.3) is 0 Å². The average Bonchev–Trinajstić information content (AvgIpc) is 1.80. The molecule has 1 rings (SSSR count). The van der Waals surface area contributed by atoms with Crippen molar-refractivity contribution in [2.75, 3.05) is 0 Å².